The minimum Gasteiger partial charge on any atom is -0.353 e. The van der Waals surface area contributed by atoms with Crippen molar-refractivity contribution in [2.45, 2.75) is 26.2 Å². The number of aromatic nitrogens is 3. The monoisotopic (exact) mass is 390 g/mol. The van der Waals surface area contributed by atoms with Crippen molar-refractivity contribution in [2.75, 3.05) is 36.0 Å². The summed E-state index contributed by atoms with van der Waals surface area (Å²) in [6.45, 7) is 5.87. The van der Waals surface area contributed by atoms with Gasteiger partial charge in [0.15, 0.2) is 0 Å². The van der Waals surface area contributed by atoms with Gasteiger partial charge in [-0.15, -0.1) is 11.3 Å². The SMILES string of the molecule is CC1CCc2c(sc3ncnc(N4CCN(c5cc(C#N)ccn5)CC4)c23)C1. The maximum Gasteiger partial charge on any atom is 0.141 e. The predicted molar refractivity (Wildman–Crippen MR) is 112 cm³/mol. The average Bonchev–Trinajstić information content (AvgIpc) is 3.11. The molecule has 1 atom stereocenters. The number of piperazine rings is 1. The van der Waals surface area contributed by atoms with Crippen molar-refractivity contribution in [3.05, 3.63) is 40.7 Å². The number of anilines is 2. The zero-order valence-electron chi connectivity index (χ0n) is 15.9. The Bertz CT molecular complexity index is 1060. The Morgan fingerprint density at radius 1 is 1.14 bits per heavy atom. The summed E-state index contributed by atoms with van der Waals surface area (Å²) in [6.07, 6.45) is 6.99. The summed E-state index contributed by atoms with van der Waals surface area (Å²) in [4.78, 5) is 21.0. The lowest BCUT2D eigenvalue weighted by Gasteiger charge is -2.36. The largest absolute Gasteiger partial charge is 0.353 e. The van der Waals surface area contributed by atoms with Crippen molar-refractivity contribution >= 4 is 33.2 Å². The van der Waals surface area contributed by atoms with Crippen LogP contribution in [0.2, 0.25) is 0 Å². The molecule has 0 N–H and O–H groups in total. The molecule has 0 spiro atoms. The van der Waals surface area contributed by atoms with E-state index in [1.165, 1.54) is 28.7 Å². The number of pyridine rings is 1. The van der Waals surface area contributed by atoms with E-state index in [4.69, 9.17) is 10.2 Å². The number of thiophene rings is 1. The van der Waals surface area contributed by atoms with Crippen molar-refractivity contribution in [2.24, 2.45) is 5.92 Å². The van der Waals surface area contributed by atoms with Gasteiger partial charge < -0.3 is 9.80 Å². The molecule has 7 heteroatoms. The number of aryl methyl sites for hydroxylation is 1. The standard InChI is InChI=1S/C21H22N6S/c1-14-2-3-16-17(10-14)28-21-19(16)20(24-13-25-21)27-8-6-26(7-9-27)18-11-15(12-22)4-5-23-18/h4-5,11,13-14H,2-3,6-10H2,1H3. The highest BCUT2D eigenvalue weighted by atomic mass is 32.1. The first-order chi connectivity index (χ1) is 13.7. The second-order valence-corrected chi connectivity index (χ2v) is 8.80. The van der Waals surface area contributed by atoms with Crippen molar-refractivity contribution in [1.82, 2.24) is 15.0 Å². The van der Waals surface area contributed by atoms with Crippen LogP contribution in [0.25, 0.3) is 10.2 Å². The van der Waals surface area contributed by atoms with Crippen molar-refractivity contribution < 1.29 is 0 Å². The fraction of sp³-hybridized carbons (Fsp3) is 0.429. The van der Waals surface area contributed by atoms with Crippen LogP contribution < -0.4 is 9.80 Å². The molecule has 3 aromatic rings. The highest BCUT2D eigenvalue weighted by Gasteiger charge is 2.26. The highest BCUT2D eigenvalue weighted by molar-refractivity contribution is 7.19. The van der Waals surface area contributed by atoms with Crippen LogP contribution in [0.3, 0.4) is 0 Å². The molecule has 28 heavy (non-hydrogen) atoms. The molecule has 1 unspecified atom stereocenters. The molecule has 1 aliphatic heterocycles. The number of fused-ring (bicyclic) bond motifs is 3. The number of hydrogen-bond acceptors (Lipinski definition) is 7. The Morgan fingerprint density at radius 2 is 1.96 bits per heavy atom. The Balaban J connectivity index is 1.41. The van der Waals surface area contributed by atoms with Crippen LogP contribution in [0.1, 0.15) is 29.3 Å². The molecule has 0 aromatic carbocycles. The van der Waals surface area contributed by atoms with Crippen molar-refractivity contribution in [3.8, 4) is 6.07 Å². The minimum atomic E-state index is 0.657. The molecular formula is C21H22N6S. The van der Waals surface area contributed by atoms with E-state index in [-0.39, 0.29) is 0 Å². The summed E-state index contributed by atoms with van der Waals surface area (Å²) >= 11 is 1.85. The van der Waals surface area contributed by atoms with Crippen LogP contribution in [-0.2, 0) is 12.8 Å². The van der Waals surface area contributed by atoms with Crippen LogP contribution in [0.15, 0.2) is 24.7 Å². The molecule has 3 aromatic heterocycles. The van der Waals surface area contributed by atoms with E-state index < -0.39 is 0 Å². The van der Waals surface area contributed by atoms with Crippen LogP contribution in [-0.4, -0.2) is 41.1 Å². The first-order valence-corrected chi connectivity index (χ1v) is 10.7. The maximum atomic E-state index is 9.13. The van der Waals surface area contributed by atoms with Crippen LogP contribution in [0.5, 0.6) is 0 Å². The molecule has 1 saturated heterocycles. The van der Waals surface area contributed by atoms with Gasteiger partial charge in [0.05, 0.1) is 17.0 Å². The van der Waals surface area contributed by atoms with Gasteiger partial charge in [0.1, 0.15) is 22.8 Å². The fourth-order valence-electron chi connectivity index (χ4n) is 4.31. The van der Waals surface area contributed by atoms with Gasteiger partial charge in [-0.2, -0.15) is 5.26 Å². The summed E-state index contributed by atoms with van der Waals surface area (Å²) in [5.74, 6) is 2.74. The molecule has 2 aliphatic rings. The van der Waals surface area contributed by atoms with E-state index in [1.54, 1.807) is 18.6 Å². The number of rotatable bonds is 2. The molecule has 142 valence electrons. The lowest BCUT2D eigenvalue weighted by atomic mass is 9.89. The molecular weight excluding hydrogens is 368 g/mol. The van der Waals surface area contributed by atoms with E-state index in [0.29, 0.717) is 5.56 Å². The zero-order chi connectivity index (χ0) is 19.1. The van der Waals surface area contributed by atoms with Gasteiger partial charge in [0, 0.05) is 37.3 Å². The van der Waals surface area contributed by atoms with Gasteiger partial charge in [0.2, 0.25) is 0 Å². The molecule has 4 heterocycles. The second kappa shape index (κ2) is 7.02. The van der Waals surface area contributed by atoms with Gasteiger partial charge in [-0.05, 0) is 42.9 Å². The van der Waals surface area contributed by atoms with E-state index in [9.17, 15) is 0 Å². The lowest BCUT2D eigenvalue weighted by molar-refractivity contribution is 0.509. The summed E-state index contributed by atoms with van der Waals surface area (Å²) < 4.78 is 0. The van der Waals surface area contributed by atoms with Crippen LogP contribution in [0.4, 0.5) is 11.6 Å². The molecule has 1 fully saturated rings. The van der Waals surface area contributed by atoms with Crippen LogP contribution >= 0.6 is 11.3 Å². The van der Waals surface area contributed by atoms with E-state index in [2.05, 4.69) is 32.8 Å². The second-order valence-electron chi connectivity index (χ2n) is 7.72. The summed E-state index contributed by atoms with van der Waals surface area (Å²) in [5.41, 5.74) is 2.14. The van der Waals surface area contributed by atoms with Gasteiger partial charge in [-0.25, -0.2) is 15.0 Å². The zero-order valence-corrected chi connectivity index (χ0v) is 16.7. The third-order valence-corrected chi connectivity index (χ3v) is 7.01. The van der Waals surface area contributed by atoms with Gasteiger partial charge in [0.25, 0.3) is 0 Å². The van der Waals surface area contributed by atoms with E-state index in [0.717, 1.165) is 55.0 Å². The highest BCUT2D eigenvalue weighted by Crippen LogP contribution is 2.40. The molecule has 1 aliphatic carbocycles. The molecule has 5 rings (SSSR count). The van der Waals surface area contributed by atoms with Gasteiger partial charge >= 0.3 is 0 Å². The van der Waals surface area contributed by atoms with Gasteiger partial charge in [-0.1, -0.05) is 6.92 Å². The molecule has 6 nitrogen and oxygen atoms in total. The Morgan fingerprint density at radius 3 is 2.79 bits per heavy atom. The normalized spacial score (nSPS) is 19.5. The first-order valence-electron chi connectivity index (χ1n) is 9.84. The number of nitriles is 1. The third kappa shape index (κ3) is 2.98. The first kappa shape index (κ1) is 17.4. The average molecular weight is 391 g/mol. The Labute approximate surface area is 168 Å². The maximum absolute atomic E-state index is 9.13. The van der Waals surface area contributed by atoms with E-state index >= 15 is 0 Å². The van der Waals surface area contributed by atoms with Crippen molar-refractivity contribution in [1.29, 1.82) is 5.26 Å². The fourth-order valence-corrected chi connectivity index (χ4v) is 5.65. The Hall–Kier alpha value is -2.72. The predicted octanol–water partition coefficient (Wildman–Crippen LogP) is 3.41. The van der Waals surface area contributed by atoms with Crippen LogP contribution in [0, 0.1) is 17.2 Å². The minimum absolute atomic E-state index is 0.657. The van der Waals surface area contributed by atoms with Crippen molar-refractivity contribution in [3.63, 3.8) is 0 Å². The number of hydrogen-bond donors (Lipinski definition) is 0. The number of nitrogens with zero attached hydrogens (tertiary/aromatic N) is 6. The summed E-state index contributed by atoms with van der Waals surface area (Å²) in [6, 6.07) is 5.82. The topological polar surface area (TPSA) is 68.9 Å². The molecule has 0 saturated carbocycles. The third-order valence-electron chi connectivity index (χ3n) is 5.85. The quantitative estimate of drug-likeness (QED) is 0.668. The molecule has 0 radical (unpaired) electrons. The van der Waals surface area contributed by atoms with Gasteiger partial charge in [-0.3, -0.25) is 0 Å². The lowest BCUT2D eigenvalue weighted by Crippen LogP contribution is -2.47. The smallest absolute Gasteiger partial charge is 0.141 e. The Kier molecular flexibility index (Phi) is 4.36. The van der Waals surface area contributed by atoms with E-state index in [1.807, 2.05) is 17.4 Å². The molecule has 0 bridgehead atoms. The molecule has 0 amide bonds. The summed E-state index contributed by atoms with van der Waals surface area (Å²) in [7, 11) is 0. The summed E-state index contributed by atoms with van der Waals surface area (Å²) in [5, 5.41) is 10.4.